The third-order valence-electron chi connectivity index (χ3n) is 10.0. The molecule has 3 aliphatic rings. The quantitative estimate of drug-likeness (QED) is 0.321. The van der Waals surface area contributed by atoms with Gasteiger partial charge in [-0.3, -0.25) is 14.4 Å². The zero-order valence-corrected chi connectivity index (χ0v) is 28.4. The first-order valence-corrected chi connectivity index (χ1v) is 15.8. The largest absolute Gasteiger partial charge is 0.512 e. The maximum absolute atomic E-state index is 13.5. The van der Waals surface area contributed by atoms with Crippen molar-refractivity contribution in [2.24, 2.45) is 29.6 Å². The van der Waals surface area contributed by atoms with Gasteiger partial charge in [-0.2, -0.15) is 0 Å². The van der Waals surface area contributed by atoms with Gasteiger partial charge in [0.25, 0.3) is 5.79 Å². The fraction of sp³-hybridized carbons (Fsp3) is 0.629. The highest BCUT2D eigenvalue weighted by Gasteiger charge is 2.66. The van der Waals surface area contributed by atoms with Crippen LogP contribution in [0.1, 0.15) is 68.2 Å². The lowest BCUT2D eigenvalue weighted by Gasteiger charge is -2.55. The Balaban J connectivity index is 2.16. The summed E-state index contributed by atoms with van der Waals surface area (Å²) in [4.78, 5) is 39.0. The normalized spacial score (nSPS) is 43.8. The molecule has 0 aromatic heterocycles. The highest BCUT2D eigenvalue weighted by Crippen LogP contribution is 2.51. The van der Waals surface area contributed by atoms with Gasteiger partial charge in [0.2, 0.25) is 5.91 Å². The van der Waals surface area contributed by atoms with Crippen LogP contribution in [0.3, 0.4) is 0 Å². The molecule has 4 N–H and O–H groups in total. The molecule has 0 spiro atoms. The van der Waals surface area contributed by atoms with Crippen LogP contribution in [0.2, 0.25) is 0 Å². The SMILES string of the molecule is C=C1O[C@]2(C)O/C=C/[C@H](OC)[C@@H](C)[C@@H](OC(C)=O)[C@H](C)[C@H](O)[C@H](C)[C@@H](O)[C@@H](C)/C=C/C=C(/C)C(=O)N[C@]3(C/C(O)=C\1C)C(=O)CC23. The lowest BCUT2D eigenvalue weighted by molar-refractivity contribution is -0.238. The minimum atomic E-state index is -1.52. The first-order valence-electron chi connectivity index (χ1n) is 15.8. The highest BCUT2D eigenvalue weighted by molar-refractivity contribution is 6.03. The number of Topliss-reactive ketones (excluding diaryl/α,β-unsaturated/α-hetero) is 1. The summed E-state index contributed by atoms with van der Waals surface area (Å²) >= 11 is 0. The number of esters is 1. The predicted octanol–water partition coefficient (Wildman–Crippen LogP) is 4.17. The van der Waals surface area contributed by atoms with Crippen LogP contribution in [0, 0.1) is 29.6 Å². The predicted molar refractivity (Wildman–Crippen MR) is 171 cm³/mol. The van der Waals surface area contributed by atoms with Gasteiger partial charge < -0.3 is 39.6 Å². The number of amides is 1. The minimum Gasteiger partial charge on any atom is -0.512 e. The van der Waals surface area contributed by atoms with Crippen molar-refractivity contribution in [2.45, 2.75) is 104 Å². The molecule has 0 aromatic rings. The van der Waals surface area contributed by atoms with Gasteiger partial charge in [0.05, 0.1) is 30.5 Å². The molecule has 11 atom stereocenters. The topological polar surface area (TPSA) is 161 Å². The van der Waals surface area contributed by atoms with Crippen molar-refractivity contribution in [3.63, 3.8) is 0 Å². The van der Waals surface area contributed by atoms with Crippen LogP contribution in [0.5, 0.6) is 0 Å². The van der Waals surface area contributed by atoms with Gasteiger partial charge in [0.1, 0.15) is 23.2 Å². The van der Waals surface area contributed by atoms with E-state index in [9.17, 15) is 29.7 Å². The number of methoxy groups -OCH3 is 1. The van der Waals surface area contributed by atoms with Gasteiger partial charge in [-0.25, -0.2) is 0 Å². The summed E-state index contributed by atoms with van der Waals surface area (Å²) in [5.41, 5.74) is -0.917. The van der Waals surface area contributed by atoms with Crippen molar-refractivity contribution < 1.29 is 48.7 Å². The Kier molecular flexibility index (Phi) is 11.7. The van der Waals surface area contributed by atoms with Crippen molar-refractivity contribution in [3.05, 3.63) is 59.8 Å². The standard InChI is InChI=1S/C35H51NO10/c1-18-12-11-13-19(2)33(42)36-35-17-26(38)20(3)24(7)46-34(9,28(35)16-29(35)39)44-15-14-27(43-10)21(4)32(45-25(8)37)23(6)31(41)22(5)30(18)40/h11-15,18,21-23,27-28,30-32,38,40-41H,7,16-17H2,1-6,8-10H3,(H,36,42)/b12-11+,15-14+,19-13-,26-20+/t18-,21+,22+,23+,27-,28?,30-,31+,32+,34-,35-/m0/s1. The van der Waals surface area contributed by atoms with E-state index in [0.29, 0.717) is 5.57 Å². The van der Waals surface area contributed by atoms with Gasteiger partial charge in [0.15, 0.2) is 5.78 Å². The molecule has 0 radical (unpaired) electrons. The summed E-state index contributed by atoms with van der Waals surface area (Å²) in [6.07, 6.45) is 4.28. The van der Waals surface area contributed by atoms with Gasteiger partial charge in [-0.05, 0) is 19.9 Å². The number of hydrogen-bond acceptors (Lipinski definition) is 10. The fourth-order valence-electron chi connectivity index (χ4n) is 6.73. The average molecular weight is 646 g/mol. The Bertz CT molecular complexity index is 1320. The molecule has 1 amide bonds. The molecule has 2 heterocycles. The lowest BCUT2D eigenvalue weighted by atomic mass is 9.59. The van der Waals surface area contributed by atoms with Crippen molar-refractivity contribution in [1.82, 2.24) is 5.32 Å². The van der Waals surface area contributed by atoms with Crippen molar-refractivity contribution in [3.8, 4) is 0 Å². The Morgan fingerprint density at radius 2 is 1.72 bits per heavy atom. The van der Waals surface area contributed by atoms with Gasteiger partial charge in [-0.1, -0.05) is 52.5 Å². The molecule has 0 aromatic carbocycles. The smallest absolute Gasteiger partial charge is 0.302 e. The molecular formula is C35H51NO10. The number of allylic oxidation sites excluding steroid dienone is 3. The second-order valence-corrected chi connectivity index (χ2v) is 13.3. The molecule has 46 heavy (non-hydrogen) atoms. The van der Waals surface area contributed by atoms with Crippen LogP contribution < -0.4 is 5.32 Å². The van der Waals surface area contributed by atoms with Crippen LogP contribution in [-0.2, 0) is 33.3 Å². The summed E-state index contributed by atoms with van der Waals surface area (Å²) in [7, 11) is 1.49. The zero-order valence-electron chi connectivity index (χ0n) is 28.4. The summed E-state index contributed by atoms with van der Waals surface area (Å²) in [6, 6.07) is 0. The summed E-state index contributed by atoms with van der Waals surface area (Å²) < 4.78 is 23.9. The number of carbonyl (C=O) groups excluding carboxylic acids is 3. The molecule has 0 saturated heterocycles. The molecule has 2 bridgehead atoms. The number of rotatable bonds is 2. The molecule has 256 valence electrons. The number of hydrogen-bond donors (Lipinski definition) is 4. The molecule has 1 unspecified atom stereocenters. The minimum absolute atomic E-state index is 0.00845. The van der Waals surface area contributed by atoms with Crippen molar-refractivity contribution in [1.29, 1.82) is 0 Å². The molecular weight excluding hydrogens is 594 g/mol. The van der Waals surface area contributed by atoms with Crippen molar-refractivity contribution >= 4 is 17.7 Å². The summed E-state index contributed by atoms with van der Waals surface area (Å²) in [5, 5.41) is 36.3. The second-order valence-electron chi connectivity index (χ2n) is 13.3. The molecule has 2 aliphatic heterocycles. The lowest BCUT2D eigenvalue weighted by Crippen LogP contribution is -2.73. The Hall–Kier alpha value is -3.41. The highest BCUT2D eigenvalue weighted by atomic mass is 16.7. The molecule has 11 nitrogen and oxygen atoms in total. The Labute approximate surface area is 272 Å². The van der Waals surface area contributed by atoms with E-state index in [1.54, 1.807) is 65.8 Å². The van der Waals surface area contributed by atoms with E-state index < -0.39 is 77.2 Å². The van der Waals surface area contributed by atoms with Gasteiger partial charge in [-0.15, -0.1) is 0 Å². The average Bonchev–Trinajstić information content (AvgIpc) is 3.00. The Morgan fingerprint density at radius 1 is 1.07 bits per heavy atom. The van der Waals surface area contributed by atoms with E-state index in [0.717, 1.165) is 0 Å². The fourth-order valence-corrected chi connectivity index (χ4v) is 6.73. The van der Waals surface area contributed by atoms with E-state index in [-0.39, 0.29) is 35.7 Å². The van der Waals surface area contributed by atoms with Crippen LogP contribution >= 0.6 is 0 Å². The van der Waals surface area contributed by atoms with Crippen LogP contribution in [0.15, 0.2) is 59.8 Å². The summed E-state index contributed by atoms with van der Waals surface area (Å²) in [6.45, 7) is 17.2. The van der Waals surface area contributed by atoms with Gasteiger partial charge >= 0.3 is 5.97 Å². The van der Waals surface area contributed by atoms with E-state index in [2.05, 4.69) is 11.9 Å². The Morgan fingerprint density at radius 3 is 2.30 bits per heavy atom. The first kappa shape index (κ1) is 37.1. The zero-order chi connectivity index (χ0) is 34.7. The summed E-state index contributed by atoms with van der Waals surface area (Å²) in [5.74, 6) is -5.62. The monoisotopic (exact) mass is 645 g/mol. The number of carbonyl (C=O) groups is 3. The molecule has 11 heteroatoms. The molecule has 1 saturated carbocycles. The third kappa shape index (κ3) is 7.42. The van der Waals surface area contributed by atoms with Crippen LogP contribution in [0.25, 0.3) is 0 Å². The third-order valence-corrected chi connectivity index (χ3v) is 10.0. The van der Waals surface area contributed by atoms with E-state index in [1.165, 1.54) is 20.3 Å². The van der Waals surface area contributed by atoms with Crippen molar-refractivity contribution in [2.75, 3.05) is 7.11 Å². The number of aliphatic hydroxyl groups is 3. The number of ether oxygens (including phenoxy) is 4. The number of ketones is 1. The second kappa shape index (κ2) is 14.6. The van der Waals surface area contributed by atoms with Crippen LogP contribution in [-0.4, -0.2) is 75.8 Å². The number of nitrogens with one attached hydrogen (secondary N) is 1. The number of aliphatic hydroxyl groups excluding tert-OH is 3. The van der Waals surface area contributed by atoms with E-state index in [1.807, 2.05) is 6.92 Å². The van der Waals surface area contributed by atoms with E-state index in [4.69, 9.17) is 18.9 Å². The van der Waals surface area contributed by atoms with E-state index >= 15 is 0 Å². The first-order chi connectivity index (χ1) is 21.4. The molecule has 1 fully saturated rings. The maximum Gasteiger partial charge on any atom is 0.302 e. The van der Waals surface area contributed by atoms with Gasteiger partial charge in [0, 0.05) is 68.6 Å². The molecule has 3 rings (SSSR count). The van der Waals surface area contributed by atoms with Crippen LogP contribution in [0.4, 0.5) is 0 Å². The maximum atomic E-state index is 13.5. The molecule has 1 aliphatic carbocycles.